The minimum absolute atomic E-state index is 0.145. The number of rotatable bonds is 5. The lowest BCUT2D eigenvalue weighted by molar-refractivity contribution is -0.137. The second-order valence-corrected chi connectivity index (χ2v) is 9.01. The predicted octanol–water partition coefficient (Wildman–Crippen LogP) is 6.28. The van der Waals surface area contributed by atoms with E-state index in [1.54, 1.807) is 36.5 Å². The third kappa shape index (κ3) is 5.13. The topological polar surface area (TPSA) is 66.4 Å². The van der Waals surface area contributed by atoms with E-state index in [9.17, 15) is 22.8 Å². The van der Waals surface area contributed by atoms with Crippen molar-refractivity contribution in [2.45, 2.75) is 19.0 Å². The highest BCUT2D eigenvalue weighted by Gasteiger charge is 2.31. The van der Waals surface area contributed by atoms with E-state index in [0.29, 0.717) is 21.0 Å². The first kappa shape index (κ1) is 24.7. The van der Waals surface area contributed by atoms with E-state index >= 15 is 0 Å². The molecule has 2 heterocycles. The van der Waals surface area contributed by atoms with Gasteiger partial charge in [0.25, 0.3) is 5.91 Å². The smallest absolute Gasteiger partial charge is 0.355 e. The van der Waals surface area contributed by atoms with Crippen molar-refractivity contribution in [3.63, 3.8) is 0 Å². The van der Waals surface area contributed by atoms with Crippen LogP contribution in [0.4, 0.5) is 24.7 Å². The van der Waals surface area contributed by atoms with Crippen LogP contribution >= 0.6 is 11.8 Å². The van der Waals surface area contributed by atoms with Crippen LogP contribution in [-0.2, 0) is 6.18 Å². The van der Waals surface area contributed by atoms with Gasteiger partial charge < -0.3 is 4.90 Å². The fourth-order valence-corrected chi connectivity index (χ4v) is 4.44. The maximum absolute atomic E-state index is 13.3. The molecule has 0 aliphatic carbocycles. The van der Waals surface area contributed by atoms with Gasteiger partial charge >= 0.3 is 6.18 Å². The number of carbonyl (C=O) groups excluding carboxylic acids is 2. The molecule has 0 spiro atoms. The van der Waals surface area contributed by atoms with Gasteiger partial charge in [-0.1, -0.05) is 18.2 Å². The summed E-state index contributed by atoms with van der Waals surface area (Å²) >= 11 is 6.21. The highest BCUT2D eigenvalue weighted by atomic mass is 35.5. The fraction of sp³-hybridized carbons (Fsp3) is 0.185. The van der Waals surface area contributed by atoms with Crippen LogP contribution in [0.15, 0.2) is 72.9 Å². The quantitative estimate of drug-likeness (QED) is 0.227. The van der Waals surface area contributed by atoms with Crippen LogP contribution in [0, 0.1) is 0 Å². The van der Waals surface area contributed by atoms with Crippen LogP contribution in [0.2, 0.25) is 0 Å². The average Bonchev–Trinajstić information content (AvgIpc) is 3.46. The molecule has 0 N–H and O–H groups in total. The zero-order chi connectivity index (χ0) is 26.2. The van der Waals surface area contributed by atoms with Crippen LogP contribution in [-0.4, -0.2) is 34.7 Å². The number of fused-ring (bicyclic) bond motifs is 1. The van der Waals surface area contributed by atoms with E-state index in [-0.39, 0.29) is 22.6 Å². The summed E-state index contributed by atoms with van der Waals surface area (Å²) in [5.41, 5.74) is 0.831. The number of amides is 1. The second kappa shape index (κ2) is 9.82. The zero-order valence-corrected chi connectivity index (χ0v) is 20.1. The van der Waals surface area contributed by atoms with E-state index < -0.39 is 17.6 Å². The average molecular weight is 525 g/mol. The molecule has 0 saturated carbocycles. The lowest BCUT2D eigenvalue weighted by Crippen LogP contribution is -2.21. The first-order valence-corrected chi connectivity index (χ1v) is 11.9. The normalized spacial score (nSPS) is 13.7. The number of hydrogen-bond donors (Lipinski definition) is 0. The first-order valence-electron chi connectivity index (χ1n) is 11.5. The number of ketones is 1. The Morgan fingerprint density at radius 2 is 1.57 bits per heavy atom. The second-order valence-electron chi connectivity index (χ2n) is 8.67. The van der Waals surface area contributed by atoms with Gasteiger partial charge in [0.2, 0.25) is 0 Å². The number of alkyl halides is 3. The highest BCUT2D eigenvalue weighted by molar-refractivity contribution is 6.39. The van der Waals surface area contributed by atoms with Crippen molar-refractivity contribution in [3.8, 4) is 0 Å². The Kier molecular flexibility index (Phi) is 6.55. The van der Waals surface area contributed by atoms with Crippen molar-refractivity contribution in [1.29, 1.82) is 0 Å². The summed E-state index contributed by atoms with van der Waals surface area (Å²) in [5.74, 6) is -0.413. The van der Waals surface area contributed by atoms with Crippen LogP contribution in [0.1, 0.15) is 44.7 Å². The molecule has 3 aromatic carbocycles. The van der Waals surface area contributed by atoms with E-state index in [1.165, 1.54) is 18.2 Å². The van der Waals surface area contributed by atoms with Gasteiger partial charge in [0.05, 0.1) is 28.5 Å². The molecule has 6 nitrogen and oxygen atoms in total. The van der Waals surface area contributed by atoms with Crippen molar-refractivity contribution in [3.05, 3.63) is 95.2 Å². The molecule has 1 fully saturated rings. The molecule has 1 aliphatic rings. The molecular weight excluding hydrogens is 505 g/mol. The fourth-order valence-electron chi connectivity index (χ4n) is 4.24. The summed E-state index contributed by atoms with van der Waals surface area (Å²) < 4.78 is 39.8. The van der Waals surface area contributed by atoms with Crippen LogP contribution in [0.3, 0.4) is 0 Å². The molecule has 0 bridgehead atoms. The molecule has 1 aliphatic heterocycles. The molecule has 1 amide bonds. The lowest BCUT2D eigenvalue weighted by Gasteiger charge is -2.16. The number of halogens is 4. The number of nitrogens with zero attached hydrogens (tertiary/aromatic N) is 4. The summed E-state index contributed by atoms with van der Waals surface area (Å²) in [7, 11) is 0. The summed E-state index contributed by atoms with van der Waals surface area (Å²) in [4.78, 5) is 37.3. The number of carbonyl (C=O) groups is 2. The van der Waals surface area contributed by atoms with Gasteiger partial charge in [-0.25, -0.2) is 9.40 Å². The molecule has 0 atom stereocenters. The largest absolute Gasteiger partial charge is 0.416 e. The van der Waals surface area contributed by atoms with Gasteiger partial charge in [0.1, 0.15) is 5.82 Å². The Balaban J connectivity index is 1.40. The minimum atomic E-state index is -4.60. The maximum Gasteiger partial charge on any atom is 0.416 e. The summed E-state index contributed by atoms with van der Waals surface area (Å²) in [6, 6.07) is 15.0. The van der Waals surface area contributed by atoms with Gasteiger partial charge in [-0.3, -0.25) is 14.6 Å². The third-order valence-electron chi connectivity index (χ3n) is 6.17. The molecule has 4 aromatic rings. The van der Waals surface area contributed by atoms with Crippen LogP contribution in [0.25, 0.3) is 11.0 Å². The molecule has 188 valence electrons. The Labute approximate surface area is 215 Å². The van der Waals surface area contributed by atoms with Crippen LogP contribution in [0.5, 0.6) is 0 Å². The number of benzene rings is 3. The molecule has 1 aromatic heterocycles. The summed E-state index contributed by atoms with van der Waals surface area (Å²) in [5, 5.41) is 0. The Morgan fingerprint density at radius 1 is 0.865 bits per heavy atom. The van der Waals surface area contributed by atoms with Crippen molar-refractivity contribution < 1.29 is 22.8 Å². The zero-order valence-electron chi connectivity index (χ0n) is 19.4. The third-order valence-corrected chi connectivity index (χ3v) is 6.52. The van der Waals surface area contributed by atoms with Gasteiger partial charge in [-0.15, -0.1) is 0 Å². The van der Waals surface area contributed by atoms with Gasteiger partial charge in [0, 0.05) is 41.6 Å². The number of hydrogen-bond acceptors (Lipinski definition) is 5. The van der Waals surface area contributed by atoms with Gasteiger partial charge in [-0.2, -0.15) is 13.2 Å². The van der Waals surface area contributed by atoms with E-state index in [4.69, 9.17) is 11.8 Å². The minimum Gasteiger partial charge on any atom is -0.355 e. The van der Waals surface area contributed by atoms with Crippen molar-refractivity contribution in [2.75, 3.05) is 22.4 Å². The monoisotopic (exact) mass is 524 g/mol. The molecule has 37 heavy (non-hydrogen) atoms. The highest BCUT2D eigenvalue weighted by Crippen LogP contribution is 2.31. The van der Waals surface area contributed by atoms with E-state index in [0.717, 1.165) is 49.9 Å². The molecule has 10 heteroatoms. The lowest BCUT2D eigenvalue weighted by atomic mass is 10.0. The number of anilines is 2. The number of aromatic nitrogens is 2. The molecular formula is C27H20ClF3N4O2. The molecule has 0 unspecified atom stereocenters. The van der Waals surface area contributed by atoms with Crippen molar-refractivity contribution in [2.24, 2.45) is 0 Å². The Hall–Kier alpha value is -3.98. The van der Waals surface area contributed by atoms with Gasteiger partial charge in [-0.05, 0) is 61.4 Å². The van der Waals surface area contributed by atoms with E-state index in [1.807, 2.05) is 0 Å². The predicted molar refractivity (Wildman–Crippen MR) is 135 cm³/mol. The molecule has 0 radical (unpaired) electrons. The van der Waals surface area contributed by atoms with Crippen molar-refractivity contribution in [1.82, 2.24) is 9.97 Å². The maximum atomic E-state index is 13.3. The summed E-state index contributed by atoms with van der Waals surface area (Å²) in [6.07, 6.45) is -0.667. The van der Waals surface area contributed by atoms with Crippen LogP contribution < -0.4 is 9.32 Å². The van der Waals surface area contributed by atoms with Crippen molar-refractivity contribution >= 4 is 46.0 Å². The Bertz CT molecular complexity index is 1500. The van der Waals surface area contributed by atoms with Gasteiger partial charge in [0.15, 0.2) is 5.78 Å². The molecule has 5 rings (SSSR count). The first-order chi connectivity index (χ1) is 17.7. The summed E-state index contributed by atoms with van der Waals surface area (Å²) in [6.45, 7) is 1.83. The Morgan fingerprint density at radius 3 is 2.32 bits per heavy atom. The SMILES string of the molecule is O=C(c1cccc(N(Cl)C(=O)c2cccc(C(F)(F)F)c2)c1)c1ccc2ncc(N3CCCC3)nc2c1. The molecule has 1 saturated heterocycles. The standard InChI is InChI=1S/C27H20ClF3N4O2/c28-35(26(37)19-6-3-7-20(13-19)27(29,30)31)21-8-4-5-17(14-21)25(36)18-9-10-22-23(15-18)33-24(16-32-22)34-11-1-2-12-34/h3-10,13-16H,1-2,11-12H2. The van der Waals surface area contributed by atoms with E-state index in [2.05, 4.69) is 14.9 Å².